The molecule has 1 heterocycles. The van der Waals surface area contributed by atoms with E-state index in [0.29, 0.717) is 5.92 Å². The highest BCUT2D eigenvalue weighted by Crippen LogP contribution is 2.23. The van der Waals surface area contributed by atoms with Gasteiger partial charge in [0.2, 0.25) is 0 Å². The van der Waals surface area contributed by atoms with Crippen molar-refractivity contribution < 1.29 is 0 Å². The van der Waals surface area contributed by atoms with E-state index in [0.717, 1.165) is 32.7 Å². The summed E-state index contributed by atoms with van der Waals surface area (Å²) in [5, 5.41) is 0. The van der Waals surface area contributed by atoms with Crippen molar-refractivity contribution in [1.82, 2.24) is 4.90 Å². The zero-order chi connectivity index (χ0) is 16.1. The van der Waals surface area contributed by atoms with Crippen LogP contribution in [0.3, 0.4) is 0 Å². The molecule has 1 aliphatic rings. The maximum Gasteiger partial charge on any atom is 0.0367 e. The molecule has 1 saturated heterocycles. The number of hydrogen-bond acceptors (Lipinski definition) is 2. The highest BCUT2D eigenvalue weighted by Gasteiger charge is 2.17. The second-order valence-electron chi connectivity index (χ2n) is 6.65. The molecule has 2 aromatic carbocycles. The first kappa shape index (κ1) is 16.1. The number of hydrogen-bond donors (Lipinski definition) is 0. The van der Waals surface area contributed by atoms with Gasteiger partial charge in [-0.25, -0.2) is 0 Å². The summed E-state index contributed by atoms with van der Waals surface area (Å²) in [5.74, 6) is 0.659. The van der Waals surface area contributed by atoms with Gasteiger partial charge >= 0.3 is 0 Å². The van der Waals surface area contributed by atoms with Crippen LogP contribution in [-0.2, 0) is 6.54 Å². The summed E-state index contributed by atoms with van der Waals surface area (Å²) in [6.45, 7) is 10.2. The van der Waals surface area contributed by atoms with Crippen LogP contribution in [0, 0.1) is 0 Å². The van der Waals surface area contributed by atoms with E-state index in [1.54, 1.807) is 0 Å². The van der Waals surface area contributed by atoms with E-state index in [-0.39, 0.29) is 0 Å². The maximum absolute atomic E-state index is 2.55. The summed E-state index contributed by atoms with van der Waals surface area (Å²) < 4.78 is 0. The van der Waals surface area contributed by atoms with Gasteiger partial charge in [-0.1, -0.05) is 56.3 Å². The van der Waals surface area contributed by atoms with E-state index in [4.69, 9.17) is 0 Å². The fraction of sp³-hybridized carbons (Fsp3) is 0.429. The van der Waals surface area contributed by atoms with Crippen LogP contribution in [0.15, 0.2) is 54.6 Å². The standard InChI is InChI=1S/C21H28N2/c1-3-18(2)20-9-11-21(12-10-20)23-15-13-22(14-16-23)17-19-7-5-4-6-8-19/h4-12,18H,3,13-17H2,1-2H3. The molecule has 1 aliphatic heterocycles. The molecular weight excluding hydrogens is 280 g/mol. The molecule has 0 amide bonds. The molecule has 3 rings (SSSR count). The normalized spacial score (nSPS) is 17.2. The van der Waals surface area contributed by atoms with Crippen molar-refractivity contribution in [3.05, 3.63) is 65.7 Å². The first-order valence-electron chi connectivity index (χ1n) is 8.87. The van der Waals surface area contributed by atoms with Crippen molar-refractivity contribution in [1.29, 1.82) is 0 Å². The van der Waals surface area contributed by atoms with Gasteiger partial charge in [0.25, 0.3) is 0 Å². The summed E-state index contributed by atoms with van der Waals surface area (Å²) in [5.41, 5.74) is 4.24. The first-order valence-corrected chi connectivity index (χ1v) is 8.87. The fourth-order valence-corrected chi connectivity index (χ4v) is 3.26. The monoisotopic (exact) mass is 308 g/mol. The van der Waals surface area contributed by atoms with Crippen molar-refractivity contribution in [2.45, 2.75) is 32.7 Å². The smallest absolute Gasteiger partial charge is 0.0367 e. The molecular formula is C21H28N2. The van der Waals surface area contributed by atoms with E-state index < -0.39 is 0 Å². The Morgan fingerprint density at radius 2 is 1.52 bits per heavy atom. The number of benzene rings is 2. The molecule has 0 N–H and O–H groups in total. The topological polar surface area (TPSA) is 6.48 Å². The maximum atomic E-state index is 2.55. The van der Waals surface area contributed by atoms with Gasteiger partial charge in [-0.3, -0.25) is 4.90 Å². The third-order valence-electron chi connectivity index (χ3n) is 5.06. The molecule has 0 saturated carbocycles. The van der Waals surface area contributed by atoms with Crippen molar-refractivity contribution in [2.24, 2.45) is 0 Å². The Balaban J connectivity index is 1.54. The second kappa shape index (κ2) is 7.65. The van der Waals surface area contributed by atoms with Gasteiger partial charge in [-0.2, -0.15) is 0 Å². The summed E-state index contributed by atoms with van der Waals surface area (Å²) in [7, 11) is 0. The van der Waals surface area contributed by atoms with Crippen molar-refractivity contribution in [2.75, 3.05) is 31.1 Å². The Morgan fingerprint density at radius 1 is 0.870 bits per heavy atom. The quantitative estimate of drug-likeness (QED) is 0.801. The molecule has 122 valence electrons. The van der Waals surface area contributed by atoms with Gasteiger partial charge in [0.05, 0.1) is 0 Å². The Morgan fingerprint density at radius 3 is 2.13 bits per heavy atom. The zero-order valence-electron chi connectivity index (χ0n) is 14.4. The molecule has 0 spiro atoms. The van der Waals surface area contributed by atoms with Crippen LogP contribution < -0.4 is 4.90 Å². The lowest BCUT2D eigenvalue weighted by Crippen LogP contribution is -2.45. The molecule has 2 heteroatoms. The second-order valence-corrected chi connectivity index (χ2v) is 6.65. The van der Waals surface area contributed by atoms with Gasteiger partial charge in [0.1, 0.15) is 0 Å². The summed E-state index contributed by atoms with van der Waals surface area (Å²) in [6, 6.07) is 20.0. The number of piperazine rings is 1. The SMILES string of the molecule is CCC(C)c1ccc(N2CCN(Cc3ccccc3)CC2)cc1. The third kappa shape index (κ3) is 4.14. The average molecular weight is 308 g/mol. The van der Waals surface area contributed by atoms with E-state index in [1.165, 1.54) is 23.2 Å². The molecule has 1 fully saturated rings. The van der Waals surface area contributed by atoms with E-state index in [1.807, 2.05) is 0 Å². The molecule has 1 atom stereocenters. The predicted octanol–water partition coefficient (Wildman–Crippen LogP) is 4.52. The molecule has 2 aromatic rings. The Labute approximate surface area is 140 Å². The number of anilines is 1. The fourth-order valence-electron chi connectivity index (χ4n) is 3.26. The largest absolute Gasteiger partial charge is 0.369 e. The van der Waals surface area contributed by atoms with Crippen LogP contribution in [0.4, 0.5) is 5.69 Å². The highest BCUT2D eigenvalue weighted by molar-refractivity contribution is 5.48. The molecule has 23 heavy (non-hydrogen) atoms. The molecule has 2 nitrogen and oxygen atoms in total. The molecule has 0 bridgehead atoms. The zero-order valence-corrected chi connectivity index (χ0v) is 14.4. The minimum Gasteiger partial charge on any atom is -0.369 e. The van der Waals surface area contributed by atoms with Crippen molar-refractivity contribution in [3.8, 4) is 0 Å². The van der Waals surface area contributed by atoms with E-state index in [9.17, 15) is 0 Å². The first-order chi connectivity index (χ1) is 11.3. The van der Waals surface area contributed by atoms with E-state index in [2.05, 4.69) is 78.2 Å². The molecule has 0 radical (unpaired) electrons. The van der Waals surface area contributed by atoms with Gasteiger partial charge < -0.3 is 4.90 Å². The van der Waals surface area contributed by atoms with Crippen LogP contribution in [0.5, 0.6) is 0 Å². The lowest BCUT2D eigenvalue weighted by atomic mass is 9.98. The van der Waals surface area contributed by atoms with Crippen LogP contribution in [0.2, 0.25) is 0 Å². The van der Waals surface area contributed by atoms with Gasteiger partial charge in [0, 0.05) is 38.4 Å². The molecule has 0 aliphatic carbocycles. The minimum absolute atomic E-state index is 0.659. The van der Waals surface area contributed by atoms with E-state index >= 15 is 0 Å². The minimum atomic E-state index is 0.659. The summed E-state index contributed by atoms with van der Waals surface area (Å²) in [6.07, 6.45) is 1.21. The lowest BCUT2D eigenvalue weighted by Gasteiger charge is -2.36. The predicted molar refractivity (Wildman–Crippen MR) is 99.1 cm³/mol. The number of nitrogens with zero attached hydrogens (tertiary/aromatic N) is 2. The van der Waals surface area contributed by atoms with Crippen molar-refractivity contribution >= 4 is 5.69 Å². The van der Waals surface area contributed by atoms with Crippen LogP contribution in [0.25, 0.3) is 0 Å². The number of rotatable bonds is 5. The summed E-state index contributed by atoms with van der Waals surface area (Å²) >= 11 is 0. The van der Waals surface area contributed by atoms with Gasteiger partial charge in [-0.15, -0.1) is 0 Å². The Kier molecular flexibility index (Phi) is 5.35. The van der Waals surface area contributed by atoms with Crippen LogP contribution >= 0.6 is 0 Å². The lowest BCUT2D eigenvalue weighted by molar-refractivity contribution is 0.250. The summed E-state index contributed by atoms with van der Waals surface area (Å²) in [4.78, 5) is 5.07. The van der Waals surface area contributed by atoms with Crippen molar-refractivity contribution in [3.63, 3.8) is 0 Å². The molecule has 1 unspecified atom stereocenters. The van der Waals surface area contributed by atoms with Crippen LogP contribution in [0.1, 0.15) is 37.3 Å². The van der Waals surface area contributed by atoms with Gasteiger partial charge in [-0.05, 0) is 35.6 Å². The average Bonchev–Trinajstić information content (AvgIpc) is 2.63. The molecule has 0 aromatic heterocycles. The van der Waals surface area contributed by atoms with Crippen LogP contribution in [-0.4, -0.2) is 31.1 Å². The Bertz CT molecular complexity index is 583. The third-order valence-corrected chi connectivity index (χ3v) is 5.06. The van der Waals surface area contributed by atoms with Gasteiger partial charge in [0.15, 0.2) is 0 Å². The highest BCUT2D eigenvalue weighted by atomic mass is 15.3. The Hall–Kier alpha value is -1.80.